The van der Waals surface area contributed by atoms with Crippen LogP contribution in [0.3, 0.4) is 0 Å². The van der Waals surface area contributed by atoms with E-state index in [1.807, 2.05) is 36.4 Å². The number of nitrogens with one attached hydrogen (secondary N) is 1. The number of hydrogen-bond acceptors (Lipinski definition) is 3. The van der Waals surface area contributed by atoms with Gasteiger partial charge < -0.3 is 10.1 Å². The van der Waals surface area contributed by atoms with Crippen molar-refractivity contribution in [2.24, 2.45) is 0 Å². The van der Waals surface area contributed by atoms with Crippen LogP contribution in [0.4, 0.5) is 5.69 Å². The quantitative estimate of drug-likeness (QED) is 0.755. The predicted octanol–water partition coefficient (Wildman–Crippen LogP) is 4.39. The molecule has 0 aliphatic heterocycles. The fraction of sp³-hybridized carbons (Fsp3) is 0.0476. The Morgan fingerprint density at radius 1 is 0.960 bits per heavy atom. The first-order chi connectivity index (χ1) is 12.2. The van der Waals surface area contributed by atoms with Crippen molar-refractivity contribution in [3.8, 4) is 11.8 Å². The fourth-order valence-corrected chi connectivity index (χ4v) is 2.31. The number of ether oxygens (including phenoxy) is 1. The van der Waals surface area contributed by atoms with E-state index < -0.39 is 0 Å². The molecule has 4 heteroatoms. The van der Waals surface area contributed by atoms with Gasteiger partial charge in [0, 0.05) is 11.3 Å². The molecule has 25 heavy (non-hydrogen) atoms. The predicted molar refractivity (Wildman–Crippen MR) is 96.3 cm³/mol. The SMILES string of the molecule is N#Cc1cccc(NC(=O)c2ccc(OCc3ccccc3)cc2)c1. The van der Waals surface area contributed by atoms with Crippen LogP contribution in [-0.2, 0) is 6.61 Å². The van der Waals surface area contributed by atoms with Gasteiger partial charge in [0.05, 0.1) is 11.6 Å². The van der Waals surface area contributed by atoms with Gasteiger partial charge in [0.1, 0.15) is 12.4 Å². The van der Waals surface area contributed by atoms with E-state index in [4.69, 9.17) is 10.00 Å². The molecule has 0 aliphatic carbocycles. The second-order valence-corrected chi connectivity index (χ2v) is 5.45. The van der Waals surface area contributed by atoms with Gasteiger partial charge in [-0.3, -0.25) is 4.79 Å². The molecule has 0 saturated heterocycles. The van der Waals surface area contributed by atoms with Crippen molar-refractivity contribution in [2.45, 2.75) is 6.61 Å². The summed E-state index contributed by atoms with van der Waals surface area (Å²) in [6.45, 7) is 0.479. The molecule has 3 rings (SSSR count). The molecule has 1 N–H and O–H groups in total. The summed E-state index contributed by atoms with van der Waals surface area (Å²) in [6, 6.07) is 25.7. The molecular weight excluding hydrogens is 312 g/mol. The number of rotatable bonds is 5. The summed E-state index contributed by atoms with van der Waals surface area (Å²) in [4.78, 5) is 12.3. The number of carbonyl (C=O) groups is 1. The molecule has 4 nitrogen and oxygen atoms in total. The zero-order chi connectivity index (χ0) is 17.5. The van der Waals surface area contributed by atoms with Crippen molar-refractivity contribution >= 4 is 11.6 Å². The van der Waals surface area contributed by atoms with E-state index in [0.29, 0.717) is 29.2 Å². The van der Waals surface area contributed by atoms with Crippen molar-refractivity contribution in [1.82, 2.24) is 0 Å². The summed E-state index contributed by atoms with van der Waals surface area (Å²) >= 11 is 0. The lowest BCUT2D eigenvalue weighted by molar-refractivity contribution is 0.102. The van der Waals surface area contributed by atoms with Crippen molar-refractivity contribution in [2.75, 3.05) is 5.32 Å². The number of amides is 1. The van der Waals surface area contributed by atoms with E-state index in [0.717, 1.165) is 5.56 Å². The fourth-order valence-electron chi connectivity index (χ4n) is 2.31. The lowest BCUT2D eigenvalue weighted by Gasteiger charge is -2.08. The molecule has 0 bridgehead atoms. The van der Waals surface area contributed by atoms with Crippen LogP contribution in [0.15, 0.2) is 78.9 Å². The lowest BCUT2D eigenvalue weighted by Crippen LogP contribution is -2.11. The van der Waals surface area contributed by atoms with E-state index in [1.54, 1.807) is 48.5 Å². The molecule has 0 aliphatic rings. The first-order valence-corrected chi connectivity index (χ1v) is 7.83. The number of carbonyl (C=O) groups excluding carboxylic acids is 1. The highest BCUT2D eigenvalue weighted by atomic mass is 16.5. The highest BCUT2D eigenvalue weighted by molar-refractivity contribution is 6.04. The Labute approximate surface area is 146 Å². The Morgan fingerprint density at radius 2 is 1.72 bits per heavy atom. The smallest absolute Gasteiger partial charge is 0.255 e. The molecule has 3 aromatic carbocycles. The van der Waals surface area contributed by atoms with Gasteiger partial charge in [0.15, 0.2) is 0 Å². The molecule has 0 saturated carbocycles. The van der Waals surface area contributed by atoms with Crippen LogP contribution in [0.1, 0.15) is 21.5 Å². The van der Waals surface area contributed by atoms with Crippen molar-refractivity contribution in [3.05, 3.63) is 95.6 Å². The Kier molecular flexibility index (Phi) is 5.08. The van der Waals surface area contributed by atoms with Crippen LogP contribution in [0.25, 0.3) is 0 Å². The summed E-state index contributed by atoms with van der Waals surface area (Å²) in [5.74, 6) is 0.469. The molecule has 0 heterocycles. The van der Waals surface area contributed by atoms with Gasteiger partial charge >= 0.3 is 0 Å². The average molecular weight is 328 g/mol. The van der Waals surface area contributed by atoms with E-state index in [1.165, 1.54) is 0 Å². The zero-order valence-electron chi connectivity index (χ0n) is 13.5. The molecular formula is C21H16N2O2. The maximum atomic E-state index is 12.3. The maximum Gasteiger partial charge on any atom is 0.255 e. The van der Waals surface area contributed by atoms with Crippen LogP contribution >= 0.6 is 0 Å². The average Bonchev–Trinajstić information content (AvgIpc) is 2.67. The molecule has 122 valence electrons. The summed E-state index contributed by atoms with van der Waals surface area (Å²) in [6.07, 6.45) is 0. The number of nitriles is 1. The standard InChI is InChI=1S/C21H16N2O2/c22-14-17-7-4-8-19(13-17)23-21(24)18-9-11-20(12-10-18)25-15-16-5-2-1-3-6-16/h1-13H,15H2,(H,23,24). The number of anilines is 1. The minimum Gasteiger partial charge on any atom is -0.489 e. The van der Waals surface area contributed by atoms with Gasteiger partial charge in [-0.2, -0.15) is 5.26 Å². The van der Waals surface area contributed by atoms with Crippen LogP contribution in [0.2, 0.25) is 0 Å². The second-order valence-electron chi connectivity index (χ2n) is 5.45. The Morgan fingerprint density at radius 3 is 2.44 bits per heavy atom. The molecule has 0 spiro atoms. The van der Waals surface area contributed by atoms with Gasteiger partial charge in [-0.05, 0) is 48.0 Å². The van der Waals surface area contributed by atoms with E-state index in [9.17, 15) is 4.79 Å². The summed E-state index contributed by atoms with van der Waals surface area (Å²) < 4.78 is 5.71. The summed E-state index contributed by atoms with van der Waals surface area (Å²) in [5, 5.41) is 11.7. The first kappa shape index (κ1) is 16.3. The monoisotopic (exact) mass is 328 g/mol. The topological polar surface area (TPSA) is 62.1 Å². The second kappa shape index (κ2) is 7.80. The first-order valence-electron chi connectivity index (χ1n) is 7.83. The van der Waals surface area contributed by atoms with E-state index in [2.05, 4.69) is 5.32 Å². The number of benzene rings is 3. The minimum atomic E-state index is -0.232. The third kappa shape index (κ3) is 4.46. The van der Waals surface area contributed by atoms with Gasteiger partial charge in [0.2, 0.25) is 0 Å². The Hall–Kier alpha value is -3.58. The zero-order valence-corrected chi connectivity index (χ0v) is 13.5. The minimum absolute atomic E-state index is 0.232. The third-order valence-corrected chi connectivity index (χ3v) is 3.61. The van der Waals surface area contributed by atoms with Gasteiger partial charge in [-0.15, -0.1) is 0 Å². The van der Waals surface area contributed by atoms with E-state index in [-0.39, 0.29) is 5.91 Å². The summed E-state index contributed by atoms with van der Waals surface area (Å²) in [7, 11) is 0. The largest absolute Gasteiger partial charge is 0.489 e. The normalized spacial score (nSPS) is 9.88. The molecule has 0 atom stereocenters. The van der Waals surface area contributed by atoms with Crippen LogP contribution in [0.5, 0.6) is 5.75 Å². The lowest BCUT2D eigenvalue weighted by atomic mass is 10.2. The summed E-state index contributed by atoms with van der Waals surface area (Å²) in [5.41, 5.74) is 2.70. The van der Waals surface area contributed by atoms with Crippen molar-refractivity contribution < 1.29 is 9.53 Å². The van der Waals surface area contributed by atoms with Crippen LogP contribution < -0.4 is 10.1 Å². The highest BCUT2D eigenvalue weighted by Crippen LogP contribution is 2.16. The van der Waals surface area contributed by atoms with Crippen molar-refractivity contribution in [1.29, 1.82) is 5.26 Å². The van der Waals surface area contributed by atoms with Gasteiger partial charge in [-0.25, -0.2) is 0 Å². The van der Waals surface area contributed by atoms with Crippen LogP contribution in [-0.4, -0.2) is 5.91 Å². The maximum absolute atomic E-state index is 12.3. The van der Waals surface area contributed by atoms with Gasteiger partial charge in [0.25, 0.3) is 5.91 Å². The Bertz CT molecular complexity index is 897. The molecule has 3 aromatic rings. The Balaban J connectivity index is 1.61. The molecule has 0 radical (unpaired) electrons. The van der Waals surface area contributed by atoms with Crippen LogP contribution in [0, 0.1) is 11.3 Å². The molecule has 0 unspecified atom stereocenters. The number of nitrogens with zero attached hydrogens (tertiary/aromatic N) is 1. The molecule has 0 fully saturated rings. The molecule has 1 amide bonds. The van der Waals surface area contributed by atoms with Gasteiger partial charge in [-0.1, -0.05) is 36.4 Å². The highest BCUT2D eigenvalue weighted by Gasteiger charge is 2.07. The molecule has 0 aromatic heterocycles. The van der Waals surface area contributed by atoms with E-state index >= 15 is 0 Å². The number of hydrogen-bond donors (Lipinski definition) is 1. The van der Waals surface area contributed by atoms with Crippen molar-refractivity contribution in [3.63, 3.8) is 0 Å². The third-order valence-electron chi connectivity index (χ3n) is 3.61.